The van der Waals surface area contributed by atoms with Crippen LogP contribution < -0.4 is 9.46 Å². The fourth-order valence-corrected chi connectivity index (χ4v) is 4.96. The summed E-state index contributed by atoms with van der Waals surface area (Å²) < 4.78 is 32.5. The molecule has 2 atom stereocenters. The highest BCUT2D eigenvalue weighted by atomic mass is 79.9. The highest BCUT2D eigenvalue weighted by molar-refractivity contribution is 9.12. The molecule has 0 saturated carbocycles. The maximum absolute atomic E-state index is 12.9. The third-order valence-corrected chi connectivity index (χ3v) is 8.53. The molecule has 156 valence electrons. The van der Waals surface area contributed by atoms with Gasteiger partial charge in [-0.05, 0) is 54.1 Å². The normalized spacial score (nSPS) is 13.3. The lowest BCUT2D eigenvalue weighted by Crippen LogP contribution is -2.19. The molecule has 0 aliphatic rings. The van der Waals surface area contributed by atoms with Gasteiger partial charge in [0.05, 0.1) is 21.7 Å². The Kier molecular flexibility index (Phi) is 7.33. The quantitative estimate of drug-likeness (QED) is 0.292. The fraction of sp³-hybridized carbons (Fsp3) is 0.136. The number of nitrogens with one attached hydrogen (secondary N) is 1. The van der Waals surface area contributed by atoms with E-state index in [0.717, 1.165) is 11.3 Å². The molecule has 0 aliphatic heterocycles. The van der Waals surface area contributed by atoms with Crippen LogP contribution >= 0.6 is 31.9 Å². The van der Waals surface area contributed by atoms with E-state index in [1.165, 1.54) is 12.1 Å². The van der Waals surface area contributed by atoms with Crippen LogP contribution in [0.3, 0.4) is 0 Å². The lowest BCUT2D eigenvalue weighted by Gasteiger charge is -2.17. The standard InChI is InChI=1S/C22H19Br2NO4S/c1-29-18-13-9-15(10-14-18)20(23)21(24)22(26)16-7-11-17(12-8-16)25-30(27,28)19-5-3-2-4-6-19/h2-14,20-21,25H,1H3. The molecule has 3 aromatic carbocycles. The number of ether oxygens (including phenoxy) is 1. The largest absolute Gasteiger partial charge is 0.497 e. The van der Waals surface area contributed by atoms with Gasteiger partial charge in [-0.1, -0.05) is 62.2 Å². The Bertz CT molecular complexity index is 1100. The van der Waals surface area contributed by atoms with Crippen molar-refractivity contribution in [2.75, 3.05) is 11.8 Å². The number of anilines is 1. The number of rotatable bonds is 8. The van der Waals surface area contributed by atoms with E-state index in [4.69, 9.17) is 4.74 Å². The van der Waals surface area contributed by atoms with E-state index in [1.807, 2.05) is 24.3 Å². The van der Waals surface area contributed by atoms with Gasteiger partial charge in [0.1, 0.15) is 5.75 Å². The lowest BCUT2D eigenvalue weighted by molar-refractivity contribution is 0.0991. The third kappa shape index (κ3) is 5.30. The second-order valence-electron chi connectivity index (χ2n) is 6.44. The van der Waals surface area contributed by atoms with Crippen molar-refractivity contribution in [1.82, 2.24) is 0 Å². The van der Waals surface area contributed by atoms with Gasteiger partial charge in [-0.3, -0.25) is 9.52 Å². The molecule has 0 aliphatic carbocycles. The van der Waals surface area contributed by atoms with Crippen LogP contribution in [0.5, 0.6) is 5.75 Å². The van der Waals surface area contributed by atoms with Crippen molar-refractivity contribution in [2.45, 2.75) is 14.5 Å². The van der Waals surface area contributed by atoms with Crippen LogP contribution in [0.1, 0.15) is 20.7 Å². The molecule has 0 saturated heterocycles. The monoisotopic (exact) mass is 551 g/mol. The Hall–Kier alpha value is -2.16. The number of hydrogen-bond donors (Lipinski definition) is 1. The van der Waals surface area contributed by atoms with Crippen molar-refractivity contribution in [3.05, 3.63) is 90.0 Å². The lowest BCUT2D eigenvalue weighted by atomic mass is 10.0. The minimum absolute atomic E-state index is 0.120. The average Bonchev–Trinajstić information content (AvgIpc) is 2.78. The van der Waals surface area contributed by atoms with Crippen LogP contribution in [0.4, 0.5) is 5.69 Å². The van der Waals surface area contributed by atoms with Crippen LogP contribution in [-0.4, -0.2) is 26.1 Å². The molecule has 0 aromatic heterocycles. The van der Waals surface area contributed by atoms with E-state index < -0.39 is 14.9 Å². The first-order valence-electron chi connectivity index (χ1n) is 8.96. The highest BCUT2D eigenvalue weighted by Crippen LogP contribution is 2.34. The van der Waals surface area contributed by atoms with E-state index in [0.29, 0.717) is 11.3 Å². The van der Waals surface area contributed by atoms with Gasteiger partial charge in [0.15, 0.2) is 5.78 Å². The van der Waals surface area contributed by atoms with E-state index >= 15 is 0 Å². The van der Waals surface area contributed by atoms with Crippen molar-refractivity contribution in [3.8, 4) is 5.75 Å². The molecule has 3 rings (SSSR count). The molecule has 0 radical (unpaired) electrons. The summed E-state index contributed by atoms with van der Waals surface area (Å²) in [5.41, 5.74) is 1.78. The molecular formula is C22H19Br2NO4S. The van der Waals surface area contributed by atoms with E-state index in [-0.39, 0.29) is 15.5 Å². The zero-order chi connectivity index (χ0) is 21.7. The Morgan fingerprint density at radius 2 is 1.50 bits per heavy atom. The van der Waals surface area contributed by atoms with Gasteiger partial charge >= 0.3 is 0 Å². The smallest absolute Gasteiger partial charge is 0.261 e. The Morgan fingerprint density at radius 1 is 0.900 bits per heavy atom. The first-order chi connectivity index (χ1) is 14.3. The predicted molar refractivity (Wildman–Crippen MR) is 125 cm³/mol. The molecule has 0 bridgehead atoms. The van der Waals surface area contributed by atoms with Crippen LogP contribution in [-0.2, 0) is 10.0 Å². The zero-order valence-electron chi connectivity index (χ0n) is 16.0. The summed E-state index contributed by atoms with van der Waals surface area (Å²) >= 11 is 7.05. The second-order valence-corrected chi connectivity index (χ2v) is 10.1. The second kappa shape index (κ2) is 9.76. The molecule has 2 unspecified atom stereocenters. The van der Waals surface area contributed by atoms with E-state index in [1.54, 1.807) is 49.6 Å². The van der Waals surface area contributed by atoms with Crippen LogP contribution in [0, 0.1) is 0 Å². The number of carbonyl (C=O) groups is 1. The molecule has 0 spiro atoms. The molecule has 30 heavy (non-hydrogen) atoms. The minimum atomic E-state index is -3.68. The van der Waals surface area contributed by atoms with E-state index in [9.17, 15) is 13.2 Å². The van der Waals surface area contributed by atoms with Gasteiger partial charge in [0, 0.05) is 11.3 Å². The molecule has 0 fully saturated rings. The molecular weight excluding hydrogens is 534 g/mol. The highest BCUT2D eigenvalue weighted by Gasteiger charge is 2.26. The molecule has 5 nitrogen and oxygen atoms in total. The maximum Gasteiger partial charge on any atom is 0.261 e. The molecule has 1 N–H and O–H groups in total. The van der Waals surface area contributed by atoms with Crippen molar-refractivity contribution in [3.63, 3.8) is 0 Å². The van der Waals surface area contributed by atoms with Gasteiger partial charge in [-0.15, -0.1) is 0 Å². The summed E-state index contributed by atoms with van der Waals surface area (Å²) in [6.45, 7) is 0. The Balaban J connectivity index is 1.71. The minimum Gasteiger partial charge on any atom is -0.497 e. The van der Waals surface area contributed by atoms with Crippen LogP contribution in [0.25, 0.3) is 0 Å². The van der Waals surface area contributed by atoms with Gasteiger partial charge in [0.2, 0.25) is 0 Å². The van der Waals surface area contributed by atoms with Gasteiger partial charge in [-0.2, -0.15) is 0 Å². The molecule has 8 heteroatoms. The molecule has 0 amide bonds. The number of alkyl halides is 2. The van der Waals surface area contributed by atoms with Crippen molar-refractivity contribution in [2.24, 2.45) is 0 Å². The van der Waals surface area contributed by atoms with Gasteiger partial charge < -0.3 is 4.74 Å². The predicted octanol–water partition coefficient (Wildman–Crippen LogP) is 5.58. The van der Waals surface area contributed by atoms with Crippen molar-refractivity contribution < 1.29 is 17.9 Å². The van der Waals surface area contributed by atoms with Gasteiger partial charge in [0.25, 0.3) is 10.0 Å². The number of ketones is 1. The number of carbonyl (C=O) groups excluding carboxylic acids is 1. The fourth-order valence-electron chi connectivity index (χ4n) is 2.77. The topological polar surface area (TPSA) is 72.5 Å². The number of hydrogen-bond acceptors (Lipinski definition) is 4. The summed E-state index contributed by atoms with van der Waals surface area (Å²) in [6.07, 6.45) is 0. The SMILES string of the molecule is COc1ccc(C(Br)C(Br)C(=O)c2ccc(NS(=O)(=O)c3ccccc3)cc2)cc1. The Morgan fingerprint density at radius 3 is 2.07 bits per heavy atom. The first-order valence-corrected chi connectivity index (χ1v) is 12.3. The summed E-state index contributed by atoms with van der Waals surface area (Å²) in [5, 5.41) is 0. The van der Waals surface area contributed by atoms with Crippen molar-refractivity contribution >= 4 is 53.4 Å². The summed E-state index contributed by atoms with van der Waals surface area (Å²) in [7, 11) is -2.08. The van der Waals surface area contributed by atoms with E-state index in [2.05, 4.69) is 36.6 Å². The van der Waals surface area contributed by atoms with Gasteiger partial charge in [-0.25, -0.2) is 8.42 Å². The maximum atomic E-state index is 12.9. The molecule has 3 aromatic rings. The number of halogens is 2. The number of methoxy groups -OCH3 is 1. The summed E-state index contributed by atoms with van der Waals surface area (Å²) in [6, 6.07) is 21.9. The first kappa shape index (κ1) is 22.5. The number of Topliss-reactive ketones (excluding diaryl/α,β-unsaturated/α-hetero) is 1. The van der Waals surface area contributed by atoms with Crippen LogP contribution in [0.15, 0.2) is 83.8 Å². The summed E-state index contributed by atoms with van der Waals surface area (Å²) in [5.74, 6) is 0.620. The molecule has 0 heterocycles. The average molecular weight is 553 g/mol. The van der Waals surface area contributed by atoms with Crippen LogP contribution in [0.2, 0.25) is 0 Å². The number of sulfonamides is 1. The Labute approximate surface area is 192 Å². The number of benzene rings is 3. The third-order valence-electron chi connectivity index (χ3n) is 4.42. The van der Waals surface area contributed by atoms with Crippen molar-refractivity contribution in [1.29, 1.82) is 0 Å². The zero-order valence-corrected chi connectivity index (χ0v) is 19.9. The summed E-state index contributed by atoms with van der Waals surface area (Å²) in [4.78, 5) is 12.3.